The van der Waals surface area contributed by atoms with E-state index in [4.69, 9.17) is 18.6 Å². The Hall–Kier alpha value is -4.78. The fourth-order valence-corrected chi connectivity index (χ4v) is 5.97. The van der Waals surface area contributed by atoms with Gasteiger partial charge in [0.15, 0.2) is 5.58 Å². The lowest BCUT2D eigenvalue weighted by molar-refractivity contribution is 0.0600. The molecule has 7 rings (SSSR count). The minimum atomic E-state index is -0.384. The second kappa shape index (κ2) is 10.6. The lowest BCUT2D eigenvalue weighted by Crippen LogP contribution is -2.25. The highest BCUT2D eigenvalue weighted by atomic mass is 16.5. The number of oxazole rings is 1. The highest BCUT2D eigenvalue weighted by Gasteiger charge is 2.24. The van der Waals surface area contributed by atoms with E-state index < -0.39 is 0 Å². The molecule has 0 saturated carbocycles. The van der Waals surface area contributed by atoms with Crippen molar-refractivity contribution in [3.63, 3.8) is 0 Å². The number of aromatic nitrogens is 2. The molecule has 0 fully saturated rings. The number of furan rings is 1. The molecule has 7 aromatic rings. The van der Waals surface area contributed by atoms with Crippen LogP contribution in [-0.2, 0) is 4.74 Å². The number of para-hydroxylation sites is 1. The standard InChI is InChI=1S/C35H33N3O4/c1-4-6-18-38(19-7-5-2)23-16-17-25-27(20-23)41-32-29(25)28-24-10-8-9-11-26(24)36-30(28)31-33(32)42-34(37-31)21-12-14-22(15-13-21)35(39)40-3/h8-17,20,36H,4-7,18-19H2,1-3H3. The molecule has 0 aliphatic rings. The van der Waals surface area contributed by atoms with Crippen molar-refractivity contribution in [1.82, 2.24) is 9.97 Å². The van der Waals surface area contributed by atoms with E-state index in [1.807, 2.05) is 18.2 Å². The van der Waals surface area contributed by atoms with Crippen molar-refractivity contribution in [2.24, 2.45) is 0 Å². The molecule has 0 amide bonds. The number of nitrogens with zero attached hydrogens (tertiary/aromatic N) is 2. The van der Waals surface area contributed by atoms with Crippen LogP contribution in [0.25, 0.3) is 66.3 Å². The Morgan fingerprint density at radius 3 is 2.38 bits per heavy atom. The predicted octanol–water partition coefficient (Wildman–Crippen LogP) is 9.22. The average molecular weight is 560 g/mol. The third-order valence-corrected chi connectivity index (χ3v) is 8.18. The Bertz CT molecular complexity index is 2070. The third-order valence-electron chi connectivity index (χ3n) is 8.18. The number of esters is 1. The quantitative estimate of drug-likeness (QED) is 0.177. The lowest BCUT2D eigenvalue weighted by Gasteiger charge is -2.24. The Labute approximate surface area is 243 Å². The summed E-state index contributed by atoms with van der Waals surface area (Å²) in [6.07, 6.45) is 4.62. The summed E-state index contributed by atoms with van der Waals surface area (Å²) in [6, 6.07) is 22.0. The number of hydrogen-bond donors (Lipinski definition) is 1. The van der Waals surface area contributed by atoms with Gasteiger partial charge in [-0.2, -0.15) is 0 Å². The zero-order valence-corrected chi connectivity index (χ0v) is 24.1. The second-order valence-corrected chi connectivity index (χ2v) is 10.9. The summed E-state index contributed by atoms with van der Waals surface area (Å²) in [4.78, 5) is 23.0. The molecule has 0 unspecified atom stereocenters. The molecule has 212 valence electrons. The van der Waals surface area contributed by atoms with Crippen LogP contribution in [0.2, 0.25) is 0 Å². The number of unbranched alkanes of at least 4 members (excludes halogenated alkanes) is 2. The van der Waals surface area contributed by atoms with Gasteiger partial charge >= 0.3 is 5.97 Å². The van der Waals surface area contributed by atoms with Crippen molar-refractivity contribution in [3.8, 4) is 11.5 Å². The molecule has 7 nitrogen and oxygen atoms in total. The zero-order chi connectivity index (χ0) is 28.8. The highest BCUT2D eigenvalue weighted by molar-refractivity contribution is 6.34. The second-order valence-electron chi connectivity index (χ2n) is 10.9. The average Bonchev–Trinajstić information content (AvgIpc) is 3.74. The molecule has 0 bridgehead atoms. The lowest BCUT2D eigenvalue weighted by atomic mass is 10.0. The third kappa shape index (κ3) is 4.19. The zero-order valence-electron chi connectivity index (χ0n) is 24.1. The van der Waals surface area contributed by atoms with Crippen molar-refractivity contribution >= 4 is 66.5 Å². The molecule has 0 aliphatic heterocycles. The molecular weight excluding hydrogens is 526 g/mol. The van der Waals surface area contributed by atoms with Crippen LogP contribution in [0.5, 0.6) is 0 Å². The summed E-state index contributed by atoms with van der Waals surface area (Å²) in [5, 5.41) is 4.27. The van der Waals surface area contributed by atoms with E-state index in [9.17, 15) is 4.79 Å². The van der Waals surface area contributed by atoms with Crippen molar-refractivity contribution < 1.29 is 18.4 Å². The van der Waals surface area contributed by atoms with E-state index in [1.54, 1.807) is 12.1 Å². The summed E-state index contributed by atoms with van der Waals surface area (Å²) in [5.74, 6) is 0.0746. The van der Waals surface area contributed by atoms with Gasteiger partial charge in [-0.05, 0) is 55.3 Å². The van der Waals surface area contributed by atoms with Crippen LogP contribution in [0, 0.1) is 0 Å². The van der Waals surface area contributed by atoms with Gasteiger partial charge in [-0.1, -0.05) is 44.9 Å². The Morgan fingerprint density at radius 2 is 1.64 bits per heavy atom. The monoisotopic (exact) mass is 559 g/mol. The fraction of sp³-hybridized carbons (Fsp3) is 0.257. The summed E-state index contributed by atoms with van der Waals surface area (Å²) < 4.78 is 18.0. The molecule has 0 spiro atoms. The maximum Gasteiger partial charge on any atom is 0.337 e. The molecule has 0 aliphatic carbocycles. The molecule has 3 aromatic heterocycles. The minimum Gasteiger partial charge on any atom is -0.465 e. The molecule has 0 saturated heterocycles. The molecule has 3 heterocycles. The van der Waals surface area contributed by atoms with Crippen LogP contribution < -0.4 is 4.90 Å². The number of hydrogen-bond acceptors (Lipinski definition) is 6. The van der Waals surface area contributed by atoms with Gasteiger partial charge in [-0.25, -0.2) is 9.78 Å². The van der Waals surface area contributed by atoms with Crippen LogP contribution in [0.15, 0.2) is 75.6 Å². The van der Waals surface area contributed by atoms with Crippen molar-refractivity contribution in [1.29, 1.82) is 0 Å². The number of benzene rings is 4. The predicted molar refractivity (Wildman–Crippen MR) is 169 cm³/mol. The van der Waals surface area contributed by atoms with Crippen LogP contribution in [0.3, 0.4) is 0 Å². The van der Waals surface area contributed by atoms with Crippen molar-refractivity contribution in [2.75, 3.05) is 25.1 Å². The number of anilines is 1. The van der Waals surface area contributed by atoms with E-state index in [-0.39, 0.29) is 5.97 Å². The number of fused-ring (bicyclic) bond motifs is 10. The van der Waals surface area contributed by atoms with E-state index in [0.29, 0.717) is 28.1 Å². The number of nitrogens with one attached hydrogen (secondary N) is 1. The minimum absolute atomic E-state index is 0.384. The van der Waals surface area contributed by atoms with Gasteiger partial charge in [0.25, 0.3) is 0 Å². The van der Waals surface area contributed by atoms with Gasteiger partial charge in [0.2, 0.25) is 11.5 Å². The number of carbonyl (C=O) groups is 1. The van der Waals surface area contributed by atoms with Crippen LogP contribution in [0.4, 0.5) is 5.69 Å². The van der Waals surface area contributed by atoms with Crippen LogP contribution in [0.1, 0.15) is 49.9 Å². The van der Waals surface area contributed by atoms with Gasteiger partial charge in [-0.3, -0.25) is 0 Å². The molecule has 42 heavy (non-hydrogen) atoms. The fourth-order valence-electron chi connectivity index (χ4n) is 5.97. The van der Waals surface area contributed by atoms with Crippen molar-refractivity contribution in [2.45, 2.75) is 39.5 Å². The summed E-state index contributed by atoms with van der Waals surface area (Å²) in [5.41, 5.74) is 7.20. The van der Waals surface area contributed by atoms with Crippen LogP contribution in [-0.4, -0.2) is 36.1 Å². The number of aromatic amines is 1. The van der Waals surface area contributed by atoms with Gasteiger partial charge in [0.05, 0.1) is 18.2 Å². The number of H-pyrrole nitrogens is 1. The van der Waals surface area contributed by atoms with E-state index >= 15 is 0 Å². The Kier molecular flexibility index (Phi) is 6.57. The van der Waals surface area contributed by atoms with Gasteiger partial charge in [0, 0.05) is 57.5 Å². The normalized spacial score (nSPS) is 11.9. The SMILES string of the molecule is CCCCN(CCCC)c1ccc2c(c1)oc1c3oc(-c4ccc(C(=O)OC)cc4)nc3c3[nH]c4ccccc4c3c21. The van der Waals surface area contributed by atoms with Gasteiger partial charge in [0.1, 0.15) is 11.1 Å². The molecule has 0 radical (unpaired) electrons. The largest absolute Gasteiger partial charge is 0.465 e. The number of ether oxygens (including phenoxy) is 1. The van der Waals surface area contributed by atoms with Crippen molar-refractivity contribution in [3.05, 3.63) is 72.3 Å². The first-order valence-electron chi connectivity index (χ1n) is 14.7. The maximum atomic E-state index is 12.0. The van der Waals surface area contributed by atoms with E-state index in [0.717, 1.165) is 82.5 Å². The summed E-state index contributed by atoms with van der Waals surface area (Å²) in [6.45, 7) is 6.52. The smallest absolute Gasteiger partial charge is 0.337 e. The first-order chi connectivity index (χ1) is 20.6. The van der Waals surface area contributed by atoms with E-state index in [2.05, 4.69) is 60.1 Å². The van der Waals surface area contributed by atoms with Crippen LogP contribution >= 0.6 is 0 Å². The molecule has 7 heteroatoms. The Morgan fingerprint density at radius 1 is 0.881 bits per heavy atom. The molecule has 4 aromatic carbocycles. The van der Waals surface area contributed by atoms with E-state index in [1.165, 1.54) is 12.8 Å². The topological polar surface area (TPSA) is 84.5 Å². The Balaban J connectivity index is 1.47. The maximum absolute atomic E-state index is 12.0. The first kappa shape index (κ1) is 26.1. The number of methoxy groups -OCH3 is 1. The molecular formula is C35H33N3O4. The van der Waals surface area contributed by atoms with Gasteiger partial charge < -0.3 is 23.5 Å². The molecule has 1 N–H and O–H groups in total. The van der Waals surface area contributed by atoms with Gasteiger partial charge in [-0.15, -0.1) is 0 Å². The molecule has 0 atom stereocenters. The summed E-state index contributed by atoms with van der Waals surface area (Å²) in [7, 11) is 1.37. The highest BCUT2D eigenvalue weighted by Crippen LogP contribution is 2.45. The number of carbonyl (C=O) groups excluding carboxylic acids is 1. The first-order valence-corrected chi connectivity index (χ1v) is 14.7. The number of rotatable bonds is 9. The summed E-state index contributed by atoms with van der Waals surface area (Å²) >= 11 is 0.